The minimum atomic E-state index is -0.311. The van der Waals surface area contributed by atoms with Gasteiger partial charge in [0.05, 0.1) is 15.7 Å². The number of nitrogens with two attached hydrogens (primary N) is 1. The maximum atomic E-state index is 11.5. The van der Waals surface area contributed by atoms with Crippen LogP contribution in [0, 0.1) is 0 Å². The van der Waals surface area contributed by atoms with Crippen LogP contribution in [0.3, 0.4) is 0 Å². The highest BCUT2D eigenvalue weighted by molar-refractivity contribution is 6.42. The Bertz CT molecular complexity index is 637. The number of aromatic nitrogens is 2. The molecule has 0 amide bonds. The summed E-state index contributed by atoms with van der Waals surface area (Å²) in [6.45, 7) is 1.76. The van der Waals surface area contributed by atoms with Crippen molar-refractivity contribution in [3.63, 3.8) is 0 Å². The minimum absolute atomic E-state index is 0.252. The predicted octanol–water partition coefficient (Wildman–Crippen LogP) is 2.76. The van der Waals surface area contributed by atoms with E-state index >= 15 is 0 Å². The summed E-state index contributed by atoms with van der Waals surface area (Å²) in [5.41, 5.74) is 6.68. The summed E-state index contributed by atoms with van der Waals surface area (Å²) in [7, 11) is 0. The number of benzene rings is 1. The fourth-order valence-electron chi connectivity index (χ4n) is 1.49. The first-order valence-corrected chi connectivity index (χ1v) is 6.05. The van der Waals surface area contributed by atoms with Crippen LogP contribution in [0.4, 0.5) is 0 Å². The molecular formula is C12H11Cl2N3O. The second-order valence-corrected chi connectivity index (χ2v) is 4.75. The third-order valence-corrected chi connectivity index (χ3v) is 3.16. The number of hydrogen-bond donors (Lipinski definition) is 2. The Hall–Kier alpha value is -1.36. The van der Waals surface area contributed by atoms with Gasteiger partial charge < -0.3 is 10.7 Å². The Morgan fingerprint density at radius 1 is 1.28 bits per heavy atom. The summed E-state index contributed by atoms with van der Waals surface area (Å²) in [6.07, 6.45) is 0. The molecule has 3 N–H and O–H groups in total. The highest BCUT2D eigenvalue weighted by atomic mass is 35.5. The van der Waals surface area contributed by atoms with Gasteiger partial charge in [-0.25, -0.2) is 4.98 Å². The van der Waals surface area contributed by atoms with Gasteiger partial charge in [0.25, 0.3) is 5.56 Å². The van der Waals surface area contributed by atoms with E-state index in [4.69, 9.17) is 28.9 Å². The quantitative estimate of drug-likeness (QED) is 0.890. The molecule has 0 saturated carbocycles. The third kappa shape index (κ3) is 2.72. The van der Waals surface area contributed by atoms with E-state index in [1.165, 1.54) is 6.07 Å². The topological polar surface area (TPSA) is 71.8 Å². The smallest absolute Gasteiger partial charge is 0.251 e. The molecule has 0 saturated heterocycles. The first-order chi connectivity index (χ1) is 8.47. The van der Waals surface area contributed by atoms with Crippen molar-refractivity contribution in [2.45, 2.75) is 13.0 Å². The zero-order valence-electron chi connectivity index (χ0n) is 9.58. The maximum absolute atomic E-state index is 11.5. The van der Waals surface area contributed by atoms with Crippen LogP contribution in [0.1, 0.15) is 18.7 Å². The van der Waals surface area contributed by atoms with Gasteiger partial charge in [0.15, 0.2) is 0 Å². The maximum Gasteiger partial charge on any atom is 0.251 e. The molecule has 1 atom stereocenters. The van der Waals surface area contributed by atoms with E-state index < -0.39 is 0 Å². The molecule has 0 aliphatic rings. The van der Waals surface area contributed by atoms with E-state index in [9.17, 15) is 4.79 Å². The van der Waals surface area contributed by atoms with Crippen LogP contribution in [-0.4, -0.2) is 9.97 Å². The summed E-state index contributed by atoms with van der Waals surface area (Å²) in [5.74, 6) is 0.424. The standard InChI is InChI=1S/C12H11Cl2N3O/c1-6(15)10-5-11(18)17-12(16-10)7-2-3-8(13)9(14)4-7/h2-6H,15H2,1H3,(H,16,17,18). The Morgan fingerprint density at radius 2 is 2.00 bits per heavy atom. The molecule has 0 bridgehead atoms. The lowest BCUT2D eigenvalue weighted by Gasteiger charge is -2.07. The van der Waals surface area contributed by atoms with Gasteiger partial charge in [-0.1, -0.05) is 23.2 Å². The average molecular weight is 284 g/mol. The monoisotopic (exact) mass is 283 g/mol. The van der Waals surface area contributed by atoms with Crippen LogP contribution in [0.15, 0.2) is 29.1 Å². The zero-order chi connectivity index (χ0) is 13.3. The highest BCUT2D eigenvalue weighted by Gasteiger charge is 2.08. The molecule has 18 heavy (non-hydrogen) atoms. The van der Waals surface area contributed by atoms with Crippen LogP contribution in [-0.2, 0) is 0 Å². The van der Waals surface area contributed by atoms with Gasteiger partial charge in [0.1, 0.15) is 5.82 Å². The molecule has 0 fully saturated rings. The van der Waals surface area contributed by atoms with Crippen molar-refractivity contribution in [2.75, 3.05) is 0 Å². The molecule has 1 heterocycles. The molecule has 1 unspecified atom stereocenters. The van der Waals surface area contributed by atoms with Gasteiger partial charge in [0, 0.05) is 17.7 Å². The van der Waals surface area contributed by atoms with Gasteiger partial charge >= 0.3 is 0 Å². The van der Waals surface area contributed by atoms with E-state index in [2.05, 4.69) is 9.97 Å². The van der Waals surface area contributed by atoms with Crippen molar-refractivity contribution in [1.29, 1.82) is 0 Å². The summed E-state index contributed by atoms with van der Waals surface area (Å²) >= 11 is 11.8. The lowest BCUT2D eigenvalue weighted by atomic mass is 10.2. The van der Waals surface area contributed by atoms with Crippen molar-refractivity contribution in [3.8, 4) is 11.4 Å². The fourth-order valence-corrected chi connectivity index (χ4v) is 1.79. The minimum Gasteiger partial charge on any atom is -0.323 e. The van der Waals surface area contributed by atoms with Crippen molar-refractivity contribution in [3.05, 3.63) is 50.4 Å². The van der Waals surface area contributed by atoms with Gasteiger partial charge in [-0.3, -0.25) is 4.79 Å². The van der Waals surface area contributed by atoms with Crippen molar-refractivity contribution >= 4 is 23.2 Å². The molecule has 0 radical (unpaired) electrons. The molecule has 0 aliphatic heterocycles. The normalized spacial score (nSPS) is 12.4. The molecule has 1 aromatic carbocycles. The SMILES string of the molecule is CC(N)c1cc(=O)[nH]c(-c2ccc(Cl)c(Cl)c2)n1. The molecule has 2 aromatic rings. The first-order valence-electron chi connectivity index (χ1n) is 5.29. The number of hydrogen-bond acceptors (Lipinski definition) is 3. The Labute approximate surface area is 114 Å². The third-order valence-electron chi connectivity index (χ3n) is 2.42. The first kappa shape index (κ1) is 13.1. The Balaban J connectivity index is 2.56. The van der Waals surface area contributed by atoms with Crippen LogP contribution < -0.4 is 11.3 Å². The van der Waals surface area contributed by atoms with Crippen LogP contribution in [0.5, 0.6) is 0 Å². The van der Waals surface area contributed by atoms with Crippen LogP contribution >= 0.6 is 23.2 Å². The van der Waals surface area contributed by atoms with E-state index in [-0.39, 0.29) is 11.6 Å². The number of nitrogens with zero attached hydrogens (tertiary/aromatic N) is 1. The summed E-state index contributed by atoms with van der Waals surface area (Å²) in [6, 6.07) is 6.10. The molecule has 1 aromatic heterocycles. The van der Waals surface area contributed by atoms with E-state index in [1.807, 2.05) is 0 Å². The molecule has 0 spiro atoms. The average Bonchev–Trinajstić information content (AvgIpc) is 2.31. The lowest BCUT2D eigenvalue weighted by Crippen LogP contribution is -2.15. The number of nitrogens with one attached hydrogen (secondary N) is 1. The van der Waals surface area contributed by atoms with Crippen LogP contribution in [0.2, 0.25) is 10.0 Å². The largest absolute Gasteiger partial charge is 0.323 e. The summed E-state index contributed by atoms with van der Waals surface area (Å²) in [5, 5.41) is 0.856. The van der Waals surface area contributed by atoms with Gasteiger partial charge in [0.2, 0.25) is 0 Å². The number of halogens is 2. The number of H-pyrrole nitrogens is 1. The van der Waals surface area contributed by atoms with Crippen molar-refractivity contribution in [1.82, 2.24) is 9.97 Å². The van der Waals surface area contributed by atoms with Gasteiger partial charge in [-0.2, -0.15) is 0 Å². The Morgan fingerprint density at radius 3 is 2.61 bits per heavy atom. The molecule has 6 heteroatoms. The summed E-state index contributed by atoms with van der Waals surface area (Å²) in [4.78, 5) is 18.5. The van der Waals surface area contributed by atoms with Gasteiger partial charge in [-0.05, 0) is 25.1 Å². The molecule has 2 rings (SSSR count). The van der Waals surface area contributed by atoms with Gasteiger partial charge in [-0.15, -0.1) is 0 Å². The van der Waals surface area contributed by atoms with E-state index in [1.54, 1.807) is 25.1 Å². The van der Waals surface area contributed by atoms with E-state index in [0.29, 0.717) is 27.1 Å². The second kappa shape index (κ2) is 5.10. The second-order valence-electron chi connectivity index (χ2n) is 3.94. The van der Waals surface area contributed by atoms with Crippen LogP contribution in [0.25, 0.3) is 11.4 Å². The van der Waals surface area contributed by atoms with Crippen molar-refractivity contribution in [2.24, 2.45) is 5.73 Å². The fraction of sp³-hybridized carbons (Fsp3) is 0.167. The lowest BCUT2D eigenvalue weighted by molar-refractivity contribution is 0.773. The molecule has 94 valence electrons. The number of aromatic amines is 1. The summed E-state index contributed by atoms with van der Waals surface area (Å²) < 4.78 is 0. The van der Waals surface area contributed by atoms with Crippen molar-refractivity contribution < 1.29 is 0 Å². The van der Waals surface area contributed by atoms with E-state index in [0.717, 1.165) is 0 Å². The number of rotatable bonds is 2. The molecule has 0 aliphatic carbocycles. The molecule has 4 nitrogen and oxygen atoms in total. The predicted molar refractivity (Wildman–Crippen MR) is 72.9 cm³/mol. The zero-order valence-corrected chi connectivity index (χ0v) is 11.1. The Kier molecular flexibility index (Phi) is 3.71. The molecular weight excluding hydrogens is 273 g/mol. The highest BCUT2D eigenvalue weighted by Crippen LogP contribution is 2.26.